The summed E-state index contributed by atoms with van der Waals surface area (Å²) in [6, 6.07) is 7.80. The summed E-state index contributed by atoms with van der Waals surface area (Å²) in [6.07, 6.45) is 0. The molecule has 0 aliphatic rings. The highest BCUT2D eigenvalue weighted by Crippen LogP contribution is 2.32. The van der Waals surface area contributed by atoms with E-state index in [1.54, 1.807) is 23.1 Å². The summed E-state index contributed by atoms with van der Waals surface area (Å²) in [5.41, 5.74) is 2.02. The number of halogens is 1. The maximum absolute atomic E-state index is 6.25. The molecule has 0 radical (unpaired) electrons. The van der Waals surface area contributed by atoms with Crippen molar-refractivity contribution in [3.63, 3.8) is 0 Å². The number of thioether (sulfide) groups is 1. The smallest absolute Gasteiger partial charge is 0.191 e. The molecule has 0 fully saturated rings. The van der Waals surface area contributed by atoms with E-state index in [0.717, 1.165) is 44.6 Å². The Hall–Kier alpha value is -1.37. The average molecular weight is 379 g/mol. The predicted molar refractivity (Wildman–Crippen MR) is 102 cm³/mol. The first kappa shape index (κ1) is 17.5. The van der Waals surface area contributed by atoms with E-state index in [1.165, 1.54) is 0 Å². The maximum atomic E-state index is 6.25. The van der Waals surface area contributed by atoms with Crippen LogP contribution in [0.2, 0.25) is 5.02 Å². The lowest BCUT2D eigenvalue weighted by Crippen LogP contribution is -2.04. The standard InChI is InChI=1S/C17H19ClN4S2/c1-4-22-15(11(2)3)20-21-17(22)24-10-12-9-23-16(19-12)13-7-5-6-8-14(13)18/h5-9,11H,4,10H2,1-3H3. The van der Waals surface area contributed by atoms with E-state index in [9.17, 15) is 0 Å². The van der Waals surface area contributed by atoms with Crippen molar-refractivity contribution in [3.8, 4) is 10.6 Å². The molecule has 0 bridgehead atoms. The Bertz CT molecular complexity index is 826. The third-order valence-electron chi connectivity index (χ3n) is 3.58. The Labute approximate surface area is 155 Å². The van der Waals surface area contributed by atoms with E-state index in [0.29, 0.717) is 5.92 Å². The van der Waals surface area contributed by atoms with Crippen molar-refractivity contribution in [2.24, 2.45) is 0 Å². The third-order valence-corrected chi connectivity index (χ3v) is 5.84. The normalized spacial score (nSPS) is 11.4. The second-order valence-corrected chi connectivity index (χ2v) is 7.86. The van der Waals surface area contributed by atoms with Gasteiger partial charge >= 0.3 is 0 Å². The van der Waals surface area contributed by atoms with Gasteiger partial charge in [-0.3, -0.25) is 0 Å². The highest BCUT2D eigenvalue weighted by Gasteiger charge is 2.15. The SMILES string of the molecule is CCn1c(SCc2csc(-c3ccccc3Cl)n2)nnc1C(C)C. The zero-order valence-electron chi connectivity index (χ0n) is 13.9. The van der Waals surface area contributed by atoms with Crippen LogP contribution in [0, 0.1) is 0 Å². The topological polar surface area (TPSA) is 43.6 Å². The molecule has 0 saturated heterocycles. The number of rotatable bonds is 6. The van der Waals surface area contributed by atoms with Crippen LogP contribution in [0.5, 0.6) is 0 Å². The fraction of sp³-hybridized carbons (Fsp3) is 0.353. The van der Waals surface area contributed by atoms with E-state index in [-0.39, 0.29) is 0 Å². The van der Waals surface area contributed by atoms with Crippen LogP contribution in [0.15, 0.2) is 34.8 Å². The summed E-state index contributed by atoms with van der Waals surface area (Å²) in [5, 5.41) is 13.4. The summed E-state index contributed by atoms with van der Waals surface area (Å²) in [6.45, 7) is 7.28. The fourth-order valence-electron chi connectivity index (χ4n) is 2.40. The van der Waals surface area contributed by atoms with Crippen molar-refractivity contribution in [2.75, 3.05) is 0 Å². The molecule has 24 heavy (non-hydrogen) atoms. The Morgan fingerprint density at radius 2 is 2.04 bits per heavy atom. The molecule has 0 amide bonds. The molecule has 3 aromatic rings. The molecule has 2 heterocycles. The van der Waals surface area contributed by atoms with Gasteiger partial charge in [-0.1, -0.05) is 55.4 Å². The molecule has 4 nitrogen and oxygen atoms in total. The molecule has 0 aliphatic carbocycles. The summed E-state index contributed by atoms with van der Waals surface area (Å²) in [4.78, 5) is 4.71. The second-order valence-electron chi connectivity index (χ2n) is 5.65. The monoisotopic (exact) mass is 378 g/mol. The zero-order valence-corrected chi connectivity index (χ0v) is 16.3. The highest BCUT2D eigenvalue weighted by molar-refractivity contribution is 7.98. The Morgan fingerprint density at radius 3 is 2.75 bits per heavy atom. The fourth-order valence-corrected chi connectivity index (χ4v) is 4.55. The van der Waals surface area contributed by atoms with Crippen LogP contribution in [0.3, 0.4) is 0 Å². The van der Waals surface area contributed by atoms with Crippen LogP contribution < -0.4 is 0 Å². The van der Waals surface area contributed by atoms with Crippen molar-refractivity contribution in [1.82, 2.24) is 19.7 Å². The molecule has 0 unspecified atom stereocenters. The van der Waals surface area contributed by atoms with Crippen molar-refractivity contribution < 1.29 is 0 Å². The van der Waals surface area contributed by atoms with Gasteiger partial charge in [0, 0.05) is 29.2 Å². The quantitative estimate of drug-likeness (QED) is 0.532. The van der Waals surface area contributed by atoms with Crippen LogP contribution in [-0.2, 0) is 12.3 Å². The molecular formula is C17H19ClN4S2. The largest absolute Gasteiger partial charge is 0.306 e. The van der Waals surface area contributed by atoms with Gasteiger partial charge in [0.15, 0.2) is 5.16 Å². The van der Waals surface area contributed by atoms with E-state index < -0.39 is 0 Å². The summed E-state index contributed by atoms with van der Waals surface area (Å²) in [7, 11) is 0. The minimum absolute atomic E-state index is 0.373. The number of benzene rings is 1. The van der Waals surface area contributed by atoms with Gasteiger partial charge in [-0.05, 0) is 13.0 Å². The lowest BCUT2D eigenvalue weighted by molar-refractivity contribution is 0.613. The van der Waals surface area contributed by atoms with Gasteiger partial charge in [-0.2, -0.15) is 0 Å². The number of nitrogens with zero attached hydrogens (tertiary/aromatic N) is 4. The molecule has 0 spiro atoms. The molecule has 0 N–H and O–H groups in total. The van der Waals surface area contributed by atoms with Crippen molar-refractivity contribution in [1.29, 1.82) is 0 Å². The molecular weight excluding hydrogens is 360 g/mol. The Morgan fingerprint density at radius 1 is 1.25 bits per heavy atom. The summed E-state index contributed by atoms with van der Waals surface area (Å²) in [5.74, 6) is 2.19. The van der Waals surface area contributed by atoms with Crippen LogP contribution in [-0.4, -0.2) is 19.7 Å². The zero-order chi connectivity index (χ0) is 17.1. The van der Waals surface area contributed by atoms with Crippen LogP contribution in [0.25, 0.3) is 10.6 Å². The molecule has 3 rings (SSSR count). The first-order chi connectivity index (χ1) is 11.6. The van der Waals surface area contributed by atoms with E-state index in [4.69, 9.17) is 16.6 Å². The number of thiazole rings is 1. The molecule has 1 aromatic carbocycles. The van der Waals surface area contributed by atoms with Crippen LogP contribution in [0.1, 0.15) is 38.2 Å². The second kappa shape index (κ2) is 7.68. The summed E-state index contributed by atoms with van der Waals surface area (Å²) < 4.78 is 2.18. The molecule has 7 heteroatoms. The molecule has 2 aromatic heterocycles. The number of hydrogen-bond donors (Lipinski definition) is 0. The van der Waals surface area contributed by atoms with E-state index in [2.05, 4.69) is 40.9 Å². The maximum Gasteiger partial charge on any atom is 0.191 e. The Balaban J connectivity index is 1.74. The van der Waals surface area contributed by atoms with Gasteiger partial charge in [0.05, 0.1) is 10.7 Å². The minimum Gasteiger partial charge on any atom is -0.306 e. The van der Waals surface area contributed by atoms with Gasteiger partial charge in [0.25, 0.3) is 0 Å². The molecule has 0 aliphatic heterocycles. The van der Waals surface area contributed by atoms with Crippen LogP contribution in [0.4, 0.5) is 0 Å². The average Bonchev–Trinajstić information content (AvgIpc) is 3.19. The van der Waals surface area contributed by atoms with Crippen molar-refractivity contribution in [3.05, 3.63) is 46.2 Å². The summed E-state index contributed by atoms with van der Waals surface area (Å²) >= 11 is 9.55. The van der Waals surface area contributed by atoms with Crippen molar-refractivity contribution in [2.45, 2.75) is 44.1 Å². The molecule has 126 valence electrons. The predicted octanol–water partition coefficient (Wildman–Crippen LogP) is 5.49. The molecule has 0 saturated carbocycles. The van der Waals surface area contributed by atoms with Gasteiger partial charge in [-0.15, -0.1) is 21.5 Å². The Kier molecular flexibility index (Phi) is 5.58. The first-order valence-electron chi connectivity index (χ1n) is 7.85. The highest BCUT2D eigenvalue weighted by atomic mass is 35.5. The number of hydrogen-bond acceptors (Lipinski definition) is 5. The van der Waals surface area contributed by atoms with Gasteiger partial charge in [-0.25, -0.2) is 4.98 Å². The van der Waals surface area contributed by atoms with E-state index in [1.807, 2.05) is 24.3 Å². The van der Waals surface area contributed by atoms with Gasteiger partial charge in [0.1, 0.15) is 10.8 Å². The lowest BCUT2D eigenvalue weighted by Gasteiger charge is -2.08. The van der Waals surface area contributed by atoms with Gasteiger partial charge < -0.3 is 4.57 Å². The number of aromatic nitrogens is 4. The first-order valence-corrected chi connectivity index (χ1v) is 10.1. The third kappa shape index (κ3) is 3.66. The van der Waals surface area contributed by atoms with Crippen molar-refractivity contribution >= 4 is 34.7 Å². The van der Waals surface area contributed by atoms with E-state index >= 15 is 0 Å². The lowest BCUT2D eigenvalue weighted by atomic mass is 10.2. The van der Waals surface area contributed by atoms with Gasteiger partial charge in [0.2, 0.25) is 0 Å². The van der Waals surface area contributed by atoms with Crippen LogP contribution >= 0.6 is 34.7 Å². The molecule has 0 atom stereocenters. The minimum atomic E-state index is 0.373.